The Balaban J connectivity index is -0.000000166. The van der Waals surface area contributed by atoms with Gasteiger partial charge in [0.15, 0.2) is 5.78 Å². The van der Waals surface area contributed by atoms with Crippen LogP contribution >= 0.6 is 0 Å². The third-order valence-corrected chi connectivity index (χ3v) is 20.2. The number of alkyl halides is 3. The summed E-state index contributed by atoms with van der Waals surface area (Å²) in [6.07, 6.45) is 17.7. The van der Waals surface area contributed by atoms with Crippen molar-refractivity contribution in [3.05, 3.63) is 181 Å². The zero-order valence-electron chi connectivity index (χ0n) is 74.4. The molecule has 5 unspecified atom stereocenters. The summed E-state index contributed by atoms with van der Waals surface area (Å²) in [6.45, 7) is 26.2. The summed E-state index contributed by atoms with van der Waals surface area (Å²) in [6, 6.07) is 25.1. The van der Waals surface area contributed by atoms with Gasteiger partial charge < -0.3 is 69.7 Å². The summed E-state index contributed by atoms with van der Waals surface area (Å²) in [7, 11) is 11.1. The number of fused-ring (bicyclic) bond motifs is 7. The number of ketones is 1. The SMILES string of the molecule is C.C.CC.CC.CC.CC.CC1CCc2c(O)ccc(O)c21.COc1ccc(OC)c2c1C=CC2.COc1ccc(OC)c2c1C=CC2C.COc1ccc(OC)c2c1CCC2=O.COc1ccc(OC)c2c1CCC2C.COc1ccc(OC)c2c1CCC2O.Cc1ccc(OS(=O)(=O)C(F)(F)F)c2c1CCC2C.[B].[B].[H-].[H-].[Na+].[Na+].[W].[W].[W].[W]. The monoisotopic (exact) mass is 2360 g/mol. The van der Waals surface area contributed by atoms with Crippen LogP contribution in [-0.4, -0.2) is 123 Å². The molecule has 6 radical (unpaired) electrons. The molecule has 0 fully saturated rings. The second kappa shape index (κ2) is 62.7. The van der Waals surface area contributed by atoms with E-state index < -0.39 is 21.7 Å². The second-order valence-corrected chi connectivity index (χ2v) is 26.5. The number of phenols is 2. The molecule has 7 aliphatic carbocycles. The number of rotatable bonds is 12. The quantitative estimate of drug-likeness (QED) is 0.0449. The van der Waals surface area contributed by atoms with Crippen molar-refractivity contribution in [2.45, 2.75) is 211 Å². The van der Waals surface area contributed by atoms with E-state index in [-0.39, 0.29) is 195 Å². The molecule has 0 aromatic heterocycles. The Labute approximate surface area is 813 Å². The van der Waals surface area contributed by atoms with Gasteiger partial charge in [0.1, 0.15) is 74.7 Å². The predicted octanol–water partition coefficient (Wildman–Crippen LogP) is 15.6. The van der Waals surface area contributed by atoms with Crippen molar-refractivity contribution in [2.75, 3.05) is 71.1 Å². The molecule has 118 heavy (non-hydrogen) atoms. The van der Waals surface area contributed by atoms with Crippen molar-refractivity contribution in [3.8, 4) is 74.7 Å². The summed E-state index contributed by atoms with van der Waals surface area (Å²) < 4.78 is 116. The Morgan fingerprint density at radius 2 is 0.746 bits per heavy atom. The van der Waals surface area contributed by atoms with E-state index in [1.807, 2.05) is 124 Å². The number of aryl methyl sites for hydroxylation is 1. The third-order valence-electron chi connectivity index (χ3n) is 19.3. The molecule has 7 aromatic carbocycles. The number of benzene rings is 7. The number of ether oxygens (including phenoxy) is 10. The molecule has 0 amide bonds. The number of halogens is 3. The average molecular weight is 2360 g/mol. The molecule has 14 rings (SSSR count). The van der Waals surface area contributed by atoms with Crippen LogP contribution in [0.3, 0.4) is 0 Å². The first-order chi connectivity index (χ1) is 51.8. The van der Waals surface area contributed by atoms with E-state index in [4.69, 9.17) is 47.4 Å². The number of aliphatic hydroxyl groups excluding tert-OH is 1. The van der Waals surface area contributed by atoms with Crippen molar-refractivity contribution < 1.29 is 239 Å². The van der Waals surface area contributed by atoms with Gasteiger partial charge in [-0.2, -0.15) is 21.6 Å². The number of Topliss-reactive ketones (excluding diaryl/α,β-unsaturated/α-hetero) is 1. The van der Waals surface area contributed by atoms with Crippen molar-refractivity contribution in [2.24, 2.45) is 0 Å². The molecule has 17 nitrogen and oxygen atoms in total. The van der Waals surface area contributed by atoms with E-state index in [0.29, 0.717) is 52.5 Å². The molecule has 644 valence electrons. The number of aromatic hydroxyl groups is 2. The van der Waals surface area contributed by atoms with E-state index in [1.54, 1.807) is 95.4 Å². The zero-order valence-corrected chi connectivity index (χ0v) is 89.0. The summed E-state index contributed by atoms with van der Waals surface area (Å²) in [5.74, 6) is 10.8. The number of hydrogen-bond donors (Lipinski definition) is 3. The van der Waals surface area contributed by atoms with Crippen molar-refractivity contribution in [1.29, 1.82) is 0 Å². The van der Waals surface area contributed by atoms with E-state index in [9.17, 15) is 41.7 Å². The molecule has 0 saturated carbocycles. The minimum absolute atomic E-state index is 0. The molecule has 0 bridgehead atoms. The van der Waals surface area contributed by atoms with Crippen LogP contribution < -0.4 is 111 Å². The van der Waals surface area contributed by atoms with Gasteiger partial charge >= 0.3 is 74.7 Å². The molecule has 0 saturated heterocycles. The molecule has 3 N–H and O–H groups in total. The predicted molar refractivity (Wildman–Crippen MR) is 453 cm³/mol. The topological polar surface area (TPSA) is 213 Å². The molecule has 5 atom stereocenters. The van der Waals surface area contributed by atoms with Crippen LogP contribution in [0.15, 0.2) is 97.1 Å². The van der Waals surface area contributed by atoms with Crippen LogP contribution in [0.1, 0.15) is 251 Å². The number of carbonyl (C=O) groups is 1. The molecular weight excluding hydrogens is 2230 g/mol. The maximum absolute atomic E-state index is 12.3. The number of allylic oxidation sites excluding steroid dienone is 2. The molecular formula is C89H127B2F3Na2O17SW4. The molecule has 7 aromatic rings. The maximum Gasteiger partial charge on any atom is 1.00 e. The van der Waals surface area contributed by atoms with Crippen LogP contribution in [0.25, 0.3) is 12.2 Å². The number of aliphatic hydroxyl groups is 1. The van der Waals surface area contributed by atoms with Crippen molar-refractivity contribution in [3.63, 3.8) is 0 Å². The fourth-order valence-electron chi connectivity index (χ4n) is 14.2. The Hall–Kier alpha value is -4.33. The third kappa shape index (κ3) is 31.4. The smallest absolute Gasteiger partial charge is 1.00 e. The molecule has 0 heterocycles. The summed E-state index contributed by atoms with van der Waals surface area (Å²) in [5, 5.41) is 28.8. The maximum atomic E-state index is 12.3. The van der Waals surface area contributed by atoms with Gasteiger partial charge in [0.05, 0.1) is 82.8 Å². The van der Waals surface area contributed by atoms with E-state index in [1.165, 1.54) is 34.7 Å². The fourth-order valence-corrected chi connectivity index (χ4v) is 14.6. The van der Waals surface area contributed by atoms with Gasteiger partial charge in [0, 0.05) is 180 Å². The molecule has 7 aliphatic rings. The number of hydrogen-bond acceptors (Lipinski definition) is 17. The normalized spacial score (nSPS) is 15.2. The summed E-state index contributed by atoms with van der Waals surface area (Å²) in [5.41, 5.74) is 9.96. The number of phenolic OH excluding ortho intramolecular Hbond substituents is 2. The van der Waals surface area contributed by atoms with Gasteiger partial charge in [-0.05, 0) is 179 Å². The Morgan fingerprint density at radius 3 is 1.20 bits per heavy atom. The first-order valence-corrected chi connectivity index (χ1v) is 38.6. The fraction of sp³-hybridized carbons (Fsp3) is 0.472. The van der Waals surface area contributed by atoms with E-state index >= 15 is 0 Å². The van der Waals surface area contributed by atoms with Crippen molar-refractivity contribution >= 4 is 44.9 Å². The Kier molecular flexibility index (Phi) is 67.4. The Morgan fingerprint density at radius 1 is 0.398 bits per heavy atom. The van der Waals surface area contributed by atoms with E-state index in [2.05, 4.69) is 49.3 Å². The summed E-state index contributed by atoms with van der Waals surface area (Å²) >= 11 is 0. The van der Waals surface area contributed by atoms with Gasteiger partial charge in [0.25, 0.3) is 0 Å². The Bertz CT molecular complexity index is 4220. The van der Waals surface area contributed by atoms with Crippen LogP contribution in [0, 0.1) is 6.92 Å². The first-order valence-electron chi connectivity index (χ1n) is 37.2. The summed E-state index contributed by atoms with van der Waals surface area (Å²) in [4.78, 5) is 11.6. The molecule has 0 aliphatic heterocycles. The second-order valence-electron chi connectivity index (χ2n) is 25.0. The standard InChI is InChI=1S/C12H13F3O3S.C12H16O2.C12H14O2.C11H14O3.C11H12O3.C11H12O2.C10H12O2.4C2H6.2CH4.2B.2Na.4W.2H/c1-7-4-6-10(11-8(2)3-5-9(7)11)18-19(16,17)12(13,14)15;2*1-8-4-5-9-10(13-2)6-7-11(14-3)12(8)9;2*1-13-9-5-6-10(14-2)11-7(9)3-4-8(11)12;1-12-10-6-7-11(13-2)9-5-3-4-8(9)10;1-6-2-3-7-8(11)4-5-9(12)10(6)7;4*1-2;;;;;;;;;;;;/h4,6,8H,3,5H2,1-2H3;6-8H,4-5H2,1-3H3;4-8H,1-3H3;5-6,8,12H,3-4H2,1-2H3;5-6H,3-4H2,1-2H3;3-4,6-7H,5H2,1-2H3;4-6,11-12H,2-3H2,1H3;4*1-2H3;2*1H4;;;;;;;;;;/q;;;;;;;;;;;;;;;2*+1;;;;;2*-1. The number of methoxy groups -OCH3 is 10. The minimum atomic E-state index is -5.61. The van der Waals surface area contributed by atoms with Crippen LogP contribution in [-0.2, 0) is 133 Å². The largest absolute Gasteiger partial charge is 1.00 e. The molecule has 0 spiro atoms. The van der Waals surface area contributed by atoms with Gasteiger partial charge in [-0.3, -0.25) is 4.79 Å². The van der Waals surface area contributed by atoms with Gasteiger partial charge in [-0.15, -0.1) is 0 Å². The minimum Gasteiger partial charge on any atom is -1.00 e. The van der Waals surface area contributed by atoms with Gasteiger partial charge in [0.2, 0.25) is 0 Å². The van der Waals surface area contributed by atoms with Gasteiger partial charge in [-0.1, -0.05) is 128 Å². The zero-order chi connectivity index (χ0) is 80.9. The van der Waals surface area contributed by atoms with Crippen LogP contribution in [0.2, 0.25) is 0 Å². The van der Waals surface area contributed by atoms with Crippen LogP contribution in [0.4, 0.5) is 13.2 Å². The molecule has 29 heteroatoms. The average Bonchev–Trinajstić information content (AvgIpc) is 1.25. The van der Waals surface area contributed by atoms with Gasteiger partial charge in [-0.25, -0.2) is 0 Å². The van der Waals surface area contributed by atoms with Crippen molar-refractivity contribution in [1.82, 2.24) is 0 Å². The number of carbonyl (C=O) groups excluding carboxylic acids is 1. The first kappa shape index (κ1) is 127. The van der Waals surface area contributed by atoms with E-state index in [0.717, 1.165) is 160 Å². The van der Waals surface area contributed by atoms with Crippen LogP contribution in [0.5, 0.6) is 74.7 Å².